The number of halogens is 1. The molecule has 0 saturated carbocycles. The summed E-state index contributed by atoms with van der Waals surface area (Å²) in [7, 11) is 1.64. The van der Waals surface area contributed by atoms with Gasteiger partial charge in [0, 0.05) is 0 Å². The van der Waals surface area contributed by atoms with Crippen molar-refractivity contribution in [3.8, 4) is 11.5 Å². The lowest BCUT2D eigenvalue weighted by Crippen LogP contribution is -2.01. The molecule has 0 spiro atoms. The number of hydrogen-bond donors (Lipinski definition) is 1. The Morgan fingerprint density at radius 3 is 2.69 bits per heavy atom. The van der Waals surface area contributed by atoms with Gasteiger partial charge >= 0.3 is 0 Å². The maximum Gasteiger partial charge on any atom is 0.204 e. The number of rotatable bonds is 7. The van der Waals surface area contributed by atoms with E-state index in [1.165, 1.54) is 0 Å². The zero-order chi connectivity index (χ0) is 20.1. The first-order valence-electron chi connectivity index (χ1n) is 8.92. The van der Waals surface area contributed by atoms with Gasteiger partial charge in [0.05, 0.1) is 27.1 Å². The summed E-state index contributed by atoms with van der Waals surface area (Å²) in [6, 6.07) is 22.0. The number of thiazole rings is 1. The van der Waals surface area contributed by atoms with Gasteiger partial charge in [-0.15, -0.1) is 0 Å². The lowest BCUT2D eigenvalue weighted by molar-refractivity contribution is 0.282. The fourth-order valence-corrected chi connectivity index (χ4v) is 4.36. The molecule has 146 valence electrons. The fraction of sp³-hybridized carbons (Fsp3) is 0.0909. The first kappa shape index (κ1) is 19.7. The van der Waals surface area contributed by atoms with Crippen molar-refractivity contribution < 1.29 is 9.47 Å². The quantitative estimate of drug-likeness (QED) is 0.188. The molecule has 0 bridgehead atoms. The van der Waals surface area contributed by atoms with Crippen LogP contribution in [0.3, 0.4) is 0 Å². The molecule has 1 aromatic heterocycles. The van der Waals surface area contributed by atoms with Crippen molar-refractivity contribution in [1.29, 1.82) is 0 Å². The molecule has 0 saturated heterocycles. The molecule has 3 aromatic carbocycles. The molecular weight excluding hydrogens is 497 g/mol. The summed E-state index contributed by atoms with van der Waals surface area (Å²) in [4.78, 5) is 4.51. The van der Waals surface area contributed by atoms with Crippen LogP contribution in [-0.4, -0.2) is 18.3 Å². The van der Waals surface area contributed by atoms with Gasteiger partial charge in [0.25, 0.3) is 0 Å². The summed E-state index contributed by atoms with van der Waals surface area (Å²) >= 11 is 3.82. The van der Waals surface area contributed by atoms with E-state index in [0.29, 0.717) is 12.4 Å². The molecule has 1 N–H and O–H groups in total. The Bertz CT molecular complexity index is 1110. The third kappa shape index (κ3) is 4.86. The van der Waals surface area contributed by atoms with Gasteiger partial charge in [-0.05, 0) is 58.0 Å². The predicted octanol–water partition coefficient (Wildman–Crippen LogP) is 5.93. The van der Waals surface area contributed by atoms with Crippen LogP contribution in [0.1, 0.15) is 11.1 Å². The molecule has 0 aliphatic heterocycles. The maximum absolute atomic E-state index is 6.01. The van der Waals surface area contributed by atoms with Crippen LogP contribution in [0, 0.1) is 3.57 Å². The Morgan fingerprint density at radius 1 is 1.10 bits per heavy atom. The van der Waals surface area contributed by atoms with E-state index in [0.717, 1.165) is 35.8 Å². The van der Waals surface area contributed by atoms with E-state index in [2.05, 4.69) is 38.1 Å². The number of anilines is 1. The largest absolute Gasteiger partial charge is 0.493 e. The molecule has 0 aliphatic carbocycles. The van der Waals surface area contributed by atoms with E-state index in [-0.39, 0.29) is 0 Å². The third-order valence-electron chi connectivity index (χ3n) is 4.15. The number of hydrogen-bond acceptors (Lipinski definition) is 6. The first-order valence-corrected chi connectivity index (χ1v) is 10.8. The third-order valence-corrected chi connectivity index (χ3v) is 5.89. The molecule has 0 atom stereocenters. The molecule has 0 radical (unpaired) electrons. The number of benzene rings is 3. The van der Waals surface area contributed by atoms with Crippen LogP contribution in [-0.2, 0) is 6.61 Å². The van der Waals surface area contributed by atoms with Crippen LogP contribution in [0.4, 0.5) is 5.13 Å². The summed E-state index contributed by atoms with van der Waals surface area (Å²) in [5, 5.41) is 5.08. The van der Waals surface area contributed by atoms with Gasteiger partial charge in [-0.1, -0.05) is 53.8 Å². The lowest BCUT2D eigenvalue weighted by Gasteiger charge is -2.13. The molecule has 0 amide bonds. The van der Waals surface area contributed by atoms with E-state index < -0.39 is 0 Å². The van der Waals surface area contributed by atoms with Crippen LogP contribution in [0.15, 0.2) is 71.8 Å². The summed E-state index contributed by atoms with van der Waals surface area (Å²) in [6.45, 7) is 0.486. The molecule has 29 heavy (non-hydrogen) atoms. The highest BCUT2D eigenvalue weighted by Gasteiger charge is 2.11. The number of aromatic nitrogens is 1. The van der Waals surface area contributed by atoms with E-state index >= 15 is 0 Å². The van der Waals surface area contributed by atoms with Crippen molar-refractivity contribution >= 4 is 55.5 Å². The van der Waals surface area contributed by atoms with E-state index in [1.807, 2.05) is 66.7 Å². The topological polar surface area (TPSA) is 55.7 Å². The lowest BCUT2D eigenvalue weighted by atomic mass is 10.2. The Balaban J connectivity index is 1.47. The number of fused-ring (bicyclic) bond motifs is 1. The van der Waals surface area contributed by atoms with E-state index in [1.54, 1.807) is 24.7 Å². The summed E-state index contributed by atoms with van der Waals surface area (Å²) in [5.74, 6) is 1.41. The normalized spacial score (nSPS) is 11.1. The van der Waals surface area contributed by atoms with Crippen LogP contribution in [0.2, 0.25) is 0 Å². The van der Waals surface area contributed by atoms with Crippen molar-refractivity contribution in [1.82, 2.24) is 4.98 Å². The van der Waals surface area contributed by atoms with E-state index in [4.69, 9.17) is 9.47 Å². The van der Waals surface area contributed by atoms with Crippen LogP contribution < -0.4 is 14.9 Å². The molecule has 5 nitrogen and oxygen atoms in total. The second kappa shape index (κ2) is 9.23. The highest BCUT2D eigenvalue weighted by atomic mass is 127. The van der Waals surface area contributed by atoms with Crippen LogP contribution in [0.25, 0.3) is 10.2 Å². The fourth-order valence-electron chi connectivity index (χ4n) is 2.77. The van der Waals surface area contributed by atoms with Crippen molar-refractivity contribution in [2.24, 2.45) is 5.10 Å². The summed E-state index contributed by atoms with van der Waals surface area (Å²) in [6.07, 6.45) is 1.75. The standard InChI is InChI=1S/C22H18IN3O2S/c1-27-19-12-16(11-17(23)21(19)28-14-15-7-3-2-4-8-15)13-24-26-22-25-18-9-5-6-10-20(18)29-22/h2-13H,14H2,1H3,(H,25,26). The number of nitrogens with zero attached hydrogens (tertiary/aromatic N) is 2. The Hall–Kier alpha value is -2.65. The van der Waals surface area contributed by atoms with Crippen molar-refractivity contribution in [2.45, 2.75) is 6.61 Å². The highest BCUT2D eigenvalue weighted by molar-refractivity contribution is 14.1. The average molecular weight is 515 g/mol. The number of para-hydroxylation sites is 1. The Labute approximate surface area is 186 Å². The zero-order valence-electron chi connectivity index (χ0n) is 15.6. The number of methoxy groups -OCH3 is 1. The van der Waals surface area contributed by atoms with Crippen LogP contribution in [0.5, 0.6) is 11.5 Å². The van der Waals surface area contributed by atoms with Gasteiger partial charge in [-0.2, -0.15) is 5.10 Å². The molecule has 0 aliphatic rings. The minimum Gasteiger partial charge on any atom is -0.493 e. The number of hydrazone groups is 1. The molecular formula is C22H18IN3O2S. The SMILES string of the molecule is COc1cc(C=NNc2nc3ccccc3s2)cc(I)c1OCc1ccccc1. The molecule has 0 unspecified atom stereocenters. The van der Waals surface area contributed by atoms with Gasteiger partial charge in [0.1, 0.15) is 6.61 Å². The van der Waals surface area contributed by atoms with Gasteiger partial charge in [0.15, 0.2) is 11.5 Å². The Morgan fingerprint density at radius 2 is 1.90 bits per heavy atom. The molecule has 0 fully saturated rings. The first-order chi connectivity index (χ1) is 14.2. The molecule has 1 heterocycles. The van der Waals surface area contributed by atoms with Gasteiger partial charge < -0.3 is 9.47 Å². The summed E-state index contributed by atoms with van der Waals surface area (Å²) < 4.78 is 13.6. The van der Waals surface area contributed by atoms with Crippen molar-refractivity contribution in [3.63, 3.8) is 0 Å². The Kier molecular flexibility index (Phi) is 6.26. The second-order valence-electron chi connectivity index (χ2n) is 6.17. The molecule has 4 aromatic rings. The number of ether oxygens (including phenoxy) is 2. The minimum atomic E-state index is 0.486. The highest BCUT2D eigenvalue weighted by Crippen LogP contribution is 2.34. The molecule has 4 rings (SSSR count). The second-order valence-corrected chi connectivity index (χ2v) is 8.36. The zero-order valence-corrected chi connectivity index (χ0v) is 18.6. The van der Waals surface area contributed by atoms with Crippen LogP contribution >= 0.6 is 33.9 Å². The smallest absolute Gasteiger partial charge is 0.204 e. The van der Waals surface area contributed by atoms with Gasteiger partial charge in [-0.3, -0.25) is 5.43 Å². The number of nitrogens with one attached hydrogen (secondary N) is 1. The summed E-state index contributed by atoms with van der Waals surface area (Å²) in [5.41, 5.74) is 5.98. The van der Waals surface area contributed by atoms with Crippen molar-refractivity contribution in [3.05, 3.63) is 81.4 Å². The van der Waals surface area contributed by atoms with Gasteiger partial charge in [-0.25, -0.2) is 4.98 Å². The predicted molar refractivity (Wildman–Crippen MR) is 127 cm³/mol. The van der Waals surface area contributed by atoms with Gasteiger partial charge in [0.2, 0.25) is 5.13 Å². The minimum absolute atomic E-state index is 0.486. The average Bonchev–Trinajstić information content (AvgIpc) is 3.16. The van der Waals surface area contributed by atoms with Crippen molar-refractivity contribution in [2.75, 3.05) is 12.5 Å². The van der Waals surface area contributed by atoms with E-state index in [9.17, 15) is 0 Å². The maximum atomic E-state index is 6.01. The monoisotopic (exact) mass is 515 g/mol. The molecule has 7 heteroatoms.